The van der Waals surface area contributed by atoms with Gasteiger partial charge < -0.3 is 5.32 Å². The lowest BCUT2D eigenvalue weighted by molar-refractivity contribution is -0.119. The number of hydrogen-bond donors (Lipinski definition) is 3. The minimum Gasteiger partial charge on any atom is -0.359 e. The Labute approximate surface area is 170 Å². The predicted molar refractivity (Wildman–Crippen MR) is 116 cm³/mol. The number of amides is 1. The number of nitrogens with one attached hydrogen (secondary N) is 3. The number of hydrogen-bond acceptors (Lipinski definition) is 3. The van der Waals surface area contributed by atoms with E-state index in [0.29, 0.717) is 16.9 Å². The van der Waals surface area contributed by atoms with Crippen molar-refractivity contribution in [3.8, 4) is 0 Å². The molecule has 2 aromatic rings. The highest BCUT2D eigenvalue weighted by atomic mass is 32.2. The molecular weight excluding hydrogens is 374 g/mol. The van der Waals surface area contributed by atoms with Gasteiger partial charge in [-0.05, 0) is 36.2 Å². The van der Waals surface area contributed by atoms with Crippen molar-refractivity contribution in [3.05, 3.63) is 71.8 Å². The third-order valence-corrected chi connectivity index (χ3v) is 6.12. The number of thioether (sulfide) groups is 1. The highest BCUT2D eigenvalue weighted by Crippen LogP contribution is 2.35. The first-order valence-electron chi connectivity index (χ1n) is 9.29. The van der Waals surface area contributed by atoms with Crippen LogP contribution in [0.4, 0.5) is 0 Å². The third kappa shape index (κ3) is 6.26. The molecule has 0 saturated heterocycles. The summed E-state index contributed by atoms with van der Waals surface area (Å²) < 4.78 is 0. The fraction of sp³-hybridized carbons (Fsp3) is 0.333. The van der Waals surface area contributed by atoms with Gasteiger partial charge in [-0.25, -0.2) is 0 Å². The van der Waals surface area contributed by atoms with Crippen LogP contribution in [-0.4, -0.2) is 22.8 Å². The molecule has 0 aromatic heterocycles. The summed E-state index contributed by atoms with van der Waals surface area (Å²) in [5, 5.41) is 3.85. The predicted octanol–water partition coefficient (Wildman–Crippen LogP) is 3.95. The van der Waals surface area contributed by atoms with Crippen LogP contribution < -0.4 is 16.2 Å². The van der Waals surface area contributed by atoms with E-state index in [1.807, 2.05) is 36.4 Å². The highest BCUT2D eigenvalue weighted by Gasteiger charge is 2.17. The largest absolute Gasteiger partial charge is 0.359 e. The first-order chi connectivity index (χ1) is 13.2. The monoisotopic (exact) mass is 399 g/mol. The van der Waals surface area contributed by atoms with Gasteiger partial charge in [0.15, 0.2) is 5.11 Å². The summed E-state index contributed by atoms with van der Waals surface area (Å²) in [6, 6.07) is 20.9. The van der Waals surface area contributed by atoms with Crippen molar-refractivity contribution in [2.24, 2.45) is 0 Å². The molecule has 0 spiro atoms. The Bertz CT molecular complexity index is 694. The fourth-order valence-electron chi connectivity index (χ4n) is 3.25. The summed E-state index contributed by atoms with van der Waals surface area (Å²) in [7, 11) is 0. The second-order valence-electron chi connectivity index (χ2n) is 6.64. The van der Waals surface area contributed by atoms with Crippen LogP contribution in [0.15, 0.2) is 60.7 Å². The Kier molecular flexibility index (Phi) is 7.54. The van der Waals surface area contributed by atoms with Gasteiger partial charge >= 0.3 is 0 Å². The smallest absolute Gasteiger partial charge is 0.248 e. The average Bonchev–Trinajstić information content (AvgIpc) is 3.21. The molecule has 1 aliphatic carbocycles. The topological polar surface area (TPSA) is 53.2 Å². The number of thiocarbonyl (C=S) groups is 1. The van der Waals surface area contributed by atoms with Crippen LogP contribution in [0.3, 0.4) is 0 Å². The zero-order chi connectivity index (χ0) is 18.9. The first kappa shape index (κ1) is 19.7. The van der Waals surface area contributed by atoms with Crippen LogP contribution in [0, 0.1) is 0 Å². The van der Waals surface area contributed by atoms with Crippen LogP contribution in [0.25, 0.3) is 0 Å². The van der Waals surface area contributed by atoms with E-state index in [1.165, 1.54) is 24.0 Å². The van der Waals surface area contributed by atoms with E-state index in [9.17, 15) is 4.79 Å². The molecule has 0 heterocycles. The number of carbonyl (C=O) groups excluding carboxylic acids is 1. The van der Waals surface area contributed by atoms with Gasteiger partial charge in [-0.2, -0.15) is 0 Å². The Hall–Kier alpha value is -2.05. The van der Waals surface area contributed by atoms with E-state index in [1.54, 1.807) is 11.8 Å². The Morgan fingerprint density at radius 3 is 2.07 bits per heavy atom. The lowest BCUT2D eigenvalue weighted by atomic mass is 10.0. The molecule has 1 fully saturated rings. The van der Waals surface area contributed by atoms with Crippen LogP contribution in [0.2, 0.25) is 0 Å². The third-order valence-electron chi connectivity index (χ3n) is 4.59. The Morgan fingerprint density at radius 2 is 1.52 bits per heavy atom. The summed E-state index contributed by atoms with van der Waals surface area (Å²) >= 11 is 6.86. The van der Waals surface area contributed by atoms with E-state index in [0.717, 1.165) is 12.8 Å². The molecule has 0 bridgehead atoms. The van der Waals surface area contributed by atoms with E-state index in [4.69, 9.17) is 12.2 Å². The maximum atomic E-state index is 12.3. The number of hydrazine groups is 1. The SMILES string of the molecule is O=C(CSC(c1ccccc1)c1ccccc1)NNC(=S)NC1CCCC1. The standard InChI is InChI=1S/C21H25N3OS2/c25-19(23-24-21(26)22-18-13-7-8-14-18)15-27-20(16-9-3-1-4-10-16)17-11-5-2-6-12-17/h1-6,9-12,18,20H,7-8,13-15H2,(H,23,25)(H2,22,24,26). The molecule has 1 amide bonds. The molecule has 0 unspecified atom stereocenters. The minimum atomic E-state index is -0.0903. The zero-order valence-corrected chi connectivity index (χ0v) is 16.8. The van der Waals surface area contributed by atoms with Crippen LogP contribution in [0.1, 0.15) is 42.1 Å². The molecule has 27 heavy (non-hydrogen) atoms. The van der Waals surface area contributed by atoms with E-state index < -0.39 is 0 Å². The van der Waals surface area contributed by atoms with Gasteiger partial charge in [0.25, 0.3) is 0 Å². The molecule has 0 atom stereocenters. The highest BCUT2D eigenvalue weighted by molar-refractivity contribution is 8.00. The quantitative estimate of drug-likeness (QED) is 0.507. The molecule has 2 aromatic carbocycles. The van der Waals surface area contributed by atoms with Crippen molar-refractivity contribution in [1.82, 2.24) is 16.2 Å². The van der Waals surface area contributed by atoms with Crippen molar-refractivity contribution in [1.29, 1.82) is 0 Å². The summed E-state index contributed by atoms with van der Waals surface area (Å²) in [5.41, 5.74) is 7.90. The molecular formula is C21H25N3OS2. The van der Waals surface area contributed by atoms with Crippen LogP contribution >= 0.6 is 24.0 Å². The molecule has 3 N–H and O–H groups in total. The average molecular weight is 400 g/mol. The molecule has 142 valence electrons. The normalized spacial score (nSPS) is 14.1. The van der Waals surface area contributed by atoms with Gasteiger partial charge in [-0.3, -0.25) is 15.6 Å². The Balaban J connectivity index is 1.51. The van der Waals surface area contributed by atoms with E-state index >= 15 is 0 Å². The van der Waals surface area contributed by atoms with Gasteiger partial charge in [0.2, 0.25) is 5.91 Å². The molecule has 6 heteroatoms. The van der Waals surface area contributed by atoms with E-state index in [2.05, 4.69) is 40.4 Å². The minimum absolute atomic E-state index is 0.0903. The lowest BCUT2D eigenvalue weighted by Crippen LogP contribution is -2.49. The molecule has 1 aliphatic rings. The summed E-state index contributed by atoms with van der Waals surface area (Å²) in [5.74, 6) is 0.250. The van der Waals surface area contributed by atoms with Crippen LogP contribution in [0.5, 0.6) is 0 Å². The summed E-state index contributed by atoms with van der Waals surface area (Å²) in [6.07, 6.45) is 4.76. The second-order valence-corrected chi connectivity index (χ2v) is 8.14. The Morgan fingerprint density at radius 1 is 0.963 bits per heavy atom. The lowest BCUT2D eigenvalue weighted by Gasteiger charge is -2.19. The van der Waals surface area contributed by atoms with Crippen molar-refractivity contribution >= 4 is 35.0 Å². The van der Waals surface area contributed by atoms with E-state index in [-0.39, 0.29) is 11.2 Å². The summed E-state index contributed by atoms with van der Waals surface area (Å²) in [4.78, 5) is 12.3. The second kappa shape index (κ2) is 10.3. The van der Waals surface area contributed by atoms with Gasteiger partial charge in [0.1, 0.15) is 0 Å². The first-order valence-corrected chi connectivity index (χ1v) is 10.7. The summed E-state index contributed by atoms with van der Waals surface area (Å²) in [6.45, 7) is 0. The maximum absolute atomic E-state index is 12.3. The maximum Gasteiger partial charge on any atom is 0.248 e. The molecule has 0 radical (unpaired) electrons. The van der Waals surface area contributed by atoms with Crippen LogP contribution in [-0.2, 0) is 4.79 Å². The number of carbonyl (C=O) groups is 1. The van der Waals surface area contributed by atoms with Crippen molar-refractivity contribution in [2.45, 2.75) is 37.0 Å². The number of benzene rings is 2. The molecule has 3 rings (SSSR count). The fourth-order valence-corrected chi connectivity index (χ4v) is 4.56. The van der Waals surface area contributed by atoms with Gasteiger partial charge in [-0.15, -0.1) is 11.8 Å². The molecule has 4 nitrogen and oxygen atoms in total. The van der Waals surface area contributed by atoms with Crippen molar-refractivity contribution in [3.63, 3.8) is 0 Å². The van der Waals surface area contributed by atoms with Crippen molar-refractivity contribution < 1.29 is 4.79 Å². The zero-order valence-electron chi connectivity index (χ0n) is 15.2. The molecule has 1 saturated carbocycles. The molecule has 0 aliphatic heterocycles. The van der Waals surface area contributed by atoms with Crippen molar-refractivity contribution in [2.75, 3.05) is 5.75 Å². The van der Waals surface area contributed by atoms with Gasteiger partial charge in [0.05, 0.1) is 11.0 Å². The van der Waals surface area contributed by atoms with Gasteiger partial charge in [-0.1, -0.05) is 73.5 Å². The number of rotatable bonds is 6. The van der Waals surface area contributed by atoms with Gasteiger partial charge in [0, 0.05) is 6.04 Å².